The lowest BCUT2D eigenvalue weighted by molar-refractivity contribution is 0.0594. The van der Waals surface area contributed by atoms with Gasteiger partial charge in [0.05, 0.1) is 11.6 Å². The third-order valence-corrected chi connectivity index (χ3v) is 6.75. The quantitative estimate of drug-likeness (QED) is 0.569. The number of amides is 1. The van der Waals surface area contributed by atoms with Gasteiger partial charge in [-0.1, -0.05) is 35.9 Å². The summed E-state index contributed by atoms with van der Waals surface area (Å²) in [6, 6.07) is 20.0. The Hall–Kier alpha value is -3.62. The molecule has 5 rings (SSSR count). The number of benzene rings is 2. The molecule has 1 amide bonds. The number of piperidine rings is 1. The molecule has 3 aromatic rings. The number of nitriles is 1. The second kappa shape index (κ2) is 8.73. The average molecular weight is 456 g/mol. The fourth-order valence-electron chi connectivity index (χ4n) is 4.98. The van der Waals surface area contributed by atoms with Crippen molar-refractivity contribution < 1.29 is 4.79 Å². The maximum Gasteiger partial charge on any atom is 0.253 e. The Balaban J connectivity index is 1.45. The molecule has 0 saturated carbocycles. The third kappa shape index (κ3) is 4.22. The zero-order valence-electron chi connectivity index (χ0n) is 17.9. The molecule has 2 aliphatic rings. The van der Waals surface area contributed by atoms with E-state index in [-0.39, 0.29) is 23.3 Å². The van der Waals surface area contributed by atoms with Crippen molar-refractivity contribution in [2.75, 3.05) is 13.1 Å². The number of carbonyl (C=O) groups excluding carboxylic acids is 1. The molecule has 0 aliphatic carbocycles. The number of nitrogens with zero attached hydrogens (tertiary/aromatic N) is 3. The summed E-state index contributed by atoms with van der Waals surface area (Å²) in [5, 5.41) is 9.70. The van der Waals surface area contributed by atoms with Gasteiger partial charge in [0, 0.05) is 47.9 Å². The number of aromatic nitrogens is 1. The summed E-state index contributed by atoms with van der Waals surface area (Å²) in [5.41, 5.74) is 4.16. The summed E-state index contributed by atoms with van der Waals surface area (Å²) in [6.45, 7) is 1.82. The van der Waals surface area contributed by atoms with Crippen molar-refractivity contribution in [1.82, 2.24) is 9.47 Å². The zero-order chi connectivity index (χ0) is 22.9. The van der Waals surface area contributed by atoms with E-state index in [1.807, 2.05) is 52.0 Å². The van der Waals surface area contributed by atoms with Gasteiger partial charge in [-0.2, -0.15) is 5.26 Å². The minimum absolute atomic E-state index is 0.00946. The number of carbonyl (C=O) groups is 1. The summed E-state index contributed by atoms with van der Waals surface area (Å²) in [5.74, 6) is 0.310. The van der Waals surface area contributed by atoms with Gasteiger partial charge >= 0.3 is 0 Å². The number of likely N-dealkylation sites (tertiary alicyclic amines) is 1. The molecule has 2 bridgehead atoms. The number of halogens is 1. The van der Waals surface area contributed by atoms with Crippen LogP contribution >= 0.6 is 11.6 Å². The Labute approximate surface area is 197 Å². The Morgan fingerprint density at radius 2 is 1.73 bits per heavy atom. The van der Waals surface area contributed by atoms with Gasteiger partial charge in [0.1, 0.15) is 0 Å². The summed E-state index contributed by atoms with van der Waals surface area (Å²) < 4.78 is 1.89. The molecule has 1 saturated heterocycles. The lowest BCUT2D eigenvalue weighted by Gasteiger charge is -2.43. The van der Waals surface area contributed by atoms with Crippen LogP contribution in [0.1, 0.15) is 45.1 Å². The fraction of sp³-hybridized carbons (Fsp3) is 0.222. The van der Waals surface area contributed by atoms with E-state index in [0.717, 1.165) is 23.2 Å². The van der Waals surface area contributed by atoms with E-state index < -0.39 is 0 Å². The van der Waals surface area contributed by atoms with Gasteiger partial charge in [0.2, 0.25) is 0 Å². The van der Waals surface area contributed by atoms with E-state index in [2.05, 4.69) is 6.07 Å². The first kappa shape index (κ1) is 21.2. The van der Waals surface area contributed by atoms with Crippen molar-refractivity contribution in [3.63, 3.8) is 0 Å². The van der Waals surface area contributed by atoms with Gasteiger partial charge in [-0.25, -0.2) is 0 Å². The molecule has 0 radical (unpaired) electrons. The maximum atomic E-state index is 13.2. The first-order valence-electron chi connectivity index (χ1n) is 11.0. The molecule has 2 aromatic carbocycles. The summed E-state index contributed by atoms with van der Waals surface area (Å²) >= 11 is 5.99. The number of hydrogen-bond donors (Lipinski definition) is 0. The minimum Gasteiger partial charge on any atom is -0.338 e. The van der Waals surface area contributed by atoms with E-state index in [4.69, 9.17) is 16.9 Å². The van der Waals surface area contributed by atoms with Crippen LogP contribution in [0.4, 0.5) is 0 Å². The molecule has 2 atom stereocenters. The van der Waals surface area contributed by atoms with Gasteiger partial charge < -0.3 is 9.47 Å². The summed E-state index contributed by atoms with van der Waals surface area (Å²) in [7, 11) is 0. The van der Waals surface area contributed by atoms with Crippen LogP contribution in [0.2, 0.25) is 5.02 Å². The molecule has 1 aromatic heterocycles. The second-order valence-electron chi connectivity index (χ2n) is 8.71. The van der Waals surface area contributed by atoms with Crippen molar-refractivity contribution >= 4 is 29.7 Å². The van der Waals surface area contributed by atoms with Gasteiger partial charge in [-0.05, 0) is 65.9 Å². The number of pyridine rings is 1. The standard InChI is InChI=1S/C27H22ClN3O2/c28-24-10-4-18(5-11-24)1-6-21-9-12-25(32)31-16-20-13-23(26(21)31)17-30(15-20)27(33)22-7-2-19(14-29)3-8-22/h1-12,20,23H,13,15-17H2/b6-1+/t20-,23+/m0/s1. The first-order chi connectivity index (χ1) is 16.0. The lowest BCUT2D eigenvalue weighted by atomic mass is 9.81. The molecular weight excluding hydrogens is 434 g/mol. The van der Waals surface area contributed by atoms with Crippen molar-refractivity contribution in [2.24, 2.45) is 5.92 Å². The van der Waals surface area contributed by atoms with E-state index in [9.17, 15) is 9.59 Å². The molecule has 2 aliphatic heterocycles. The Kier molecular flexibility index (Phi) is 5.62. The Morgan fingerprint density at radius 3 is 2.45 bits per heavy atom. The molecule has 0 unspecified atom stereocenters. The van der Waals surface area contributed by atoms with Crippen LogP contribution in [0.3, 0.4) is 0 Å². The highest BCUT2D eigenvalue weighted by atomic mass is 35.5. The maximum absolute atomic E-state index is 13.2. The zero-order valence-corrected chi connectivity index (χ0v) is 18.7. The Bertz CT molecular complexity index is 1330. The van der Waals surface area contributed by atoms with Crippen molar-refractivity contribution in [2.45, 2.75) is 18.9 Å². The Morgan fingerprint density at radius 1 is 0.970 bits per heavy atom. The normalized spacial score (nSPS) is 19.2. The van der Waals surface area contributed by atoms with Crippen LogP contribution in [-0.2, 0) is 6.54 Å². The van der Waals surface area contributed by atoms with Crippen molar-refractivity contribution in [3.05, 3.63) is 104 Å². The molecule has 5 nitrogen and oxygen atoms in total. The average Bonchev–Trinajstić information content (AvgIpc) is 2.84. The van der Waals surface area contributed by atoms with Crippen LogP contribution in [-0.4, -0.2) is 28.5 Å². The van der Waals surface area contributed by atoms with Crippen molar-refractivity contribution in [3.8, 4) is 6.07 Å². The smallest absolute Gasteiger partial charge is 0.253 e. The molecule has 1 fully saturated rings. The van der Waals surface area contributed by atoms with Gasteiger partial charge in [-0.15, -0.1) is 0 Å². The highest BCUT2D eigenvalue weighted by Crippen LogP contribution is 2.37. The van der Waals surface area contributed by atoms with Crippen LogP contribution in [0.5, 0.6) is 0 Å². The van der Waals surface area contributed by atoms with Gasteiger partial charge in [0.15, 0.2) is 0 Å². The van der Waals surface area contributed by atoms with E-state index >= 15 is 0 Å². The van der Waals surface area contributed by atoms with Crippen LogP contribution < -0.4 is 5.56 Å². The molecule has 0 spiro atoms. The second-order valence-corrected chi connectivity index (χ2v) is 9.14. The minimum atomic E-state index is -0.0285. The topological polar surface area (TPSA) is 66.1 Å². The molecule has 164 valence electrons. The predicted octanol–water partition coefficient (Wildman–Crippen LogP) is 4.80. The highest BCUT2D eigenvalue weighted by molar-refractivity contribution is 6.30. The largest absolute Gasteiger partial charge is 0.338 e. The number of fused-ring (bicyclic) bond motifs is 4. The SMILES string of the molecule is N#Cc1ccc(C(=O)N2C[C@@H]3C[C@H](C2)c2c(/C=C/c4ccc(Cl)cc4)ccc(=O)n2C3)cc1. The van der Waals surface area contributed by atoms with Crippen LogP contribution in [0.25, 0.3) is 12.2 Å². The van der Waals surface area contributed by atoms with Gasteiger partial charge in [0.25, 0.3) is 11.5 Å². The lowest BCUT2D eigenvalue weighted by Crippen LogP contribution is -2.49. The molecule has 3 heterocycles. The fourth-order valence-corrected chi connectivity index (χ4v) is 5.11. The molecule has 6 heteroatoms. The monoisotopic (exact) mass is 455 g/mol. The third-order valence-electron chi connectivity index (χ3n) is 6.50. The number of rotatable bonds is 3. The van der Waals surface area contributed by atoms with E-state index in [1.54, 1.807) is 30.3 Å². The first-order valence-corrected chi connectivity index (χ1v) is 11.4. The van der Waals surface area contributed by atoms with Crippen LogP contribution in [0, 0.1) is 17.2 Å². The van der Waals surface area contributed by atoms with E-state index in [0.29, 0.717) is 35.8 Å². The van der Waals surface area contributed by atoms with E-state index in [1.165, 1.54) is 0 Å². The van der Waals surface area contributed by atoms with Crippen molar-refractivity contribution in [1.29, 1.82) is 5.26 Å². The molecule has 0 N–H and O–H groups in total. The summed E-state index contributed by atoms with van der Waals surface area (Å²) in [4.78, 5) is 27.8. The van der Waals surface area contributed by atoms with Crippen LogP contribution in [0.15, 0.2) is 65.5 Å². The predicted molar refractivity (Wildman–Crippen MR) is 129 cm³/mol. The molecule has 33 heavy (non-hydrogen) atoms. The highest BCUT2D eigenvalue weighted by Gasteiger charge is 2.37. The van der Waals surface area contributed by atoms with Gasteiger partial charge in [-0.3, -0.25) is 9.59 Å². The number of hydrogen-bond acceptors (Lipinski definition) is 3. The molecular formula is C27H22ClN3O2. The summed E-state index contributed by atoms with van der Waals surface area (Å²) in [6.07, 6.45) is 5.02.